The molecule has 1 amide bonds. The Hall–Kier alpha value is -2.79. The molecule has 0 atom stereocenters. The van der Waals surface area contributed by atoms with Gasteiger partial charge in [-0.3, -0.25) is 4.79 Å². The zero-order valence-electron chi connectivity index (χ0n) is 14.8. The number of halogens is 1. The van der Waals surface area contributed by atoms with E-state index in [4.69, 9.17) is 21.1 Å². The average molecular weight is 371 g/mol. The highest BCUT2D eigenvalue weighted by Gasteiger charge is 2.28. The van der Waals surface area contributed by atoms with Crippen LogP contribution in [0.2, 0.25) is 5.02 Å². The third kappa shape index (κ3) is 3.44. The molecule has 0 saturated heterocycles. The molecule has 0 radical (unpaired) electrons. The molecular weight excluding hydrogens is 352 g/mol. The molecule has 134 valence electrons. The minimum Gasteiger partial charge on any atom is -0.493 e. The lowest BCUT2D eigenvalue weighted by Gasteiger charge is -2.12. The number of benzene rings is 2. The summed E-state index contributed by atoms with van der Waals surface area (Å²) in [6.45, 7) is 4.19. The summed E-state index contributed by atoms with van der Waals surface area (Å²) in [7, 11) is 1.56. The topological polar surface area (TPSA) is 51.1 Å². The normalized spacial score (nSPS) is 15.4. The van der Waals surface area contributed by atoms with Crippen LogP contribution < -0.4 is 14.5 Å². The van der Waals surface area contributed by atoms with E-state index in [1.54, 1.807) is 32.2 Å². The van der Waals surface area contributed by atoms with E-state index in [0.29, 0.717) is 40.0 Å². The van der Waals surface area contributed by atoms with Crippen molar-refractivity contribution in [1.82, 2.24) is 0 Å². The van der Waals surface area contributed by atoms with Gasteiger partial charge in [-0.25, -0.2) is 0 Å². The Labute approximate surface area is 157 Å². The van der Waals surface area contributed by atoms with Gasteiger partial charge in [0.1, 0.15) is 0 Å². The fraction of sp³-hybridized carbons (Fsp3) is 0.200. The molecule has 26 heavy (non-hydrogen) atoms. The number of hydrazone groups is 1. The van der Waals surface area contributed by atoms with E-state index < -0.39 is 0 Å². The van der Waals surface area contributed by atoms with Gasteiger partial charge < -0.3 is 9.47 Å². The van der Waals surface area contributed by atoms with Gasteiger partial charge in [-0.05, 0) is 43.7 Å². The Balaban J connectivity index is 1.98. The van der Waals surface area contributed by atoms with Crippen molar-refractivity contribution < 1.29 is 14.3 Å². The number of ether oxygens (including phenoxy) is 2. The molecule has 0 spiro atoms. The molecular formula is C20H19ClN2O3. The molecule has 0 unspecified atom stereocenters. The Morgan fingerprint density at radius 2 is 1.92 bits per heavy atom. The summed E-state index contributed by atoms with van der Waals surface area (Å²) in [5.41, 5.74) is 2.50. The summed E-state index contributed by atoms with van der Waals surface area (Å²) in [6.07, 6.45) is 1.73. The Morgan fingerprint density at radius 1 is 1.19 bits per heavy atom. The largest absolute Gasteiger partial charge is 0.493 e. The summed E-state index contributed by atoms with van der Waals surface area (Å²) < 4.78 is 10.9. The van der Waals surface area contributed by atoms with E-state index in [1.165, 1.54) is 5.01 Å². The molecule has 1 aliphatic rings. The van der Waals surface area contributed by atoms with Crippen LogP contribution in [0.4, 0.5) is 5.69 Å². The second-order valence-corrected chi connectivity index (χ2v) is 6.06. The maximum atomic E-state index is 12.8. The van der Waals surface area contributed by atoms with Crippen molar-refractivity contribution in [3.05, 3.63) is 58.6 Å². The first kappa shape index (κ1) is 18.0. The van der Waals surface area contributed by atoms with Gasteiger partial charge in [-0.2, -0.15) is 10.1 Å². The number of hydrogen-bond acceptors (Lipinski definition) is 4. The SMILES string of the molecule is CCOc1cc(Cl)c(/C=C2/C(=O)N(c3ccccc3)N=C2C)cc1OC. The summed E-state index contributed by atoms with van der Waals surface area (Å²) >= 11 is 6.38. The first-order valence-electron chi connectivity index (χ1n) is 8.22. The van der Waals surface area contributed by atoms with Gasteiger partial charge in [0.25, 0.3) is 5.91 Å². The fourth-order valence-corrected chi connectivity index (χ4v) is 2.88. The second kappa shape index (κ2) is 7.62. The third-order valence-corrected chi connectivity index (χ3v) is 4.27. The lowest BCUT2D eigenvalue weighted by molar-refractivity contribution is -0.114. The maximum Gasteiger partial charge on any atom is 0.280 e. The van der Waals surface area contributed by atoms with Crippen LogP contribution in [0.25, 0.3) is 6.08 Å². The van der Waals surface area contributed by atoms with Gasteiger partial charge in [-0.1, -0.05) is 29.8 Å². The Bertz CT molecular complexity index is 891. The Kier molecular flexibility index (Phi) is 5.28. The summed E-state index contributed by atoms with van der Waals surface area (Å²) in [4.78, 5) is 12.8. The first-order valence-corrected chi connectivity index (χ1v) is 8.60. The highest BCUT2D eigenvalue weighted by atomic mass is 35.5. The summed E-state index contributed by atoms with van der Waals surface area (Å²) in [6, 6.07) is 12.7. The van der Waals surface area contributed by atoms with Gasteiger partial charge in [0.2, 0.25) is 0 Å². The molecule has 0 saturated carbocycles. The molecule has 1 aliphatic heterocycles. The van der Waals surface area contributed by atoms with E-state index in [0.717, 1.165) is 5.69 Å². The first-order chi connectivity index (χ1) is 12.5. The Morgan fingerprint density at radius 3 is 2.58 bits per heavy atom. The molecule has 0 aromatic heterocycles. The zero-order valence-corrected chi connectivity index (χ0v) is 15.6. The quantitative estimate of drug-likeness (QED) is 0.725. The molecule has 5 nitrogen and oxygen atoms in total. The van der Waals surface area contributed by atoms with E-state index >= 15 is 0 Å². The molecule has 2 aromatic carbocycles. The van der Waals surface area contributed by atoms with E-state index in [-0.39, 0.29) is 5.91 Å². The third-order valence-electron chi connectivity index (χ3n) is 3.95. The van der Waals surface area contributed by atoms with Crippen LogP contribution in [0.3, 0.4) is 0 Å². The number of methoxy groups -OCH3 is 1. The predicted octanol–water partition coefficient (Wildman–Crippen LogP) is 4.55. The molecule has 0 fully saturated rings. The van der Waals surface area contributed by atoms with Gasteiger partial charge in [0, 0.05) is 6.07 Å². The molecule has 6 heteroatoms. The lowest BCUT2D eigenvalue weighted by Crippen LogP contribution is -2.21. The van der Waals surface area contributed by atoms with Gasteiger partial charge in [0.15, 0.2) is 11.5 Å². The van der Waals surface area contributed by atoms with Crippen molar-refractivity contribution in [3.8, 4) is 11.5 Å². The minimum atomic E-state index is -0.197. The van der Waals surface area contributed by atoms with Crippen LogP contribution in [0, 0.1) is 0 Å². The van der Waals surface area contributed by atoms with Crippen LogP contribution >= 0.6 is 11.6 Å². The van der Waals surface area contributed by atoms with Crippen molar-refractivity contribution in [2.24, 2.45) is 5.10 Å². The molecule has 3 rings (SSSR count). The monoisotopic (exact) mass is 370 g/mol. The van der Waals surface area contributed by atoms with Crippen LogP contribution in [-0.2, 0) is 4.79 Å². The zero-order chi connectivity index (χ0) is 18.7. The van der Waals surface area contributed by atoms with E-state index in [1.807, 2.05) is 37.3 Å². The number of para-hydroxylation sites is 1. The number of carbonyl (C=O) groups is 1. The second-order valence-electron chi connectivity index (χ2n) is 5.65. The number of amides is 1. The van der Waals surface area contributed by atoms with Gasteiger partial charge >= 0.3 is 0 Å². The minimum absolute atomic E-state index is 0.197. The van der Waals surface area contributed by atoms with Crippen molar-refractivity contribution in [3.63, 3.8) is 0 Å². The highest BCUT2D eigenvalue weighted by molar-refractivity contribution is 6.35. The van der Waals surface area contributed by atoms with E-state index in [9.17, 15) is 4.79 Å². The molecule has 0 N–H and O–H groups in total. The number of nitrogens with zero attached hydrogens (tertiary/aromatic N) is 2. The smallest absolute Gasteiger partial charge is 0.280 e. The predicted molar refractivity (Wildman–Crippen MR) is 104 cm³/mol. The fourth-order valence-electron chi connectivity index (χ4n) is 2.67. The molecule has 1 heterocycles. The molecule has 0 bridgehead atoms. The lowest BCUT2D eigenvalue weighted by atomic mass is 10.1. The summed E-state index contributed by atoms with van der Waals surface area (Å²) in [5.74, 6) is 0.928. The van der Waals surface area contributed by atoms with Crippen LogP contribution in [0.15, 0.2) is 53.1 Å². The number of carbonyl (C=O) groups excluding carboxylic acids is 1. The summed E-state index contributed by atoms with van der Waals surface area (Å²) in [5, 5.41) is 6.23. The van der Waals surface area contributed by atoms with Gasteiger partial charge in [0.05, 0.1) is 35.7 Å². The maximum absolute atomic E-state index is 12.8. The van der Waals surface area contributed by atoms with Crippen LogP contribution in [0.1, 0.15) is 19.4 Å². The van der Waals surface area contributed by atoms with E-state index in [2.05, 4.69) is 5.10 Å². The average Bonchev–Trinajstić information content (AvgIpc) is 2.93. The van der Waals surface area contributed by atoms with Crippen LogP contribution in [-0.4, -0.2) is 25.3 Å². The van der Waals surface area contributed by atoms with Crippen molar-refractivity contribution >= 4 is 35.0 Å². The highest BCUT2D eigenvalue weighted by Crippen LogP contribution is 2.35. The number of anilines is 1. The molecule has 2 aromatic rings. The molecule has 0 aliphatic carbocycles. The van der Waals surface area contributed by atoms with Crippen LogP contribution in [0.5, 0.6) is 11.5 Å². The number of hydrogen-bond donors (Lipinski definition) is 0. The van der Waals surface area contributed by atoms with Crippen molar-refractivity contribution in [2.45, 2.75) is 13.8 Å². The van der Waals surface area contributed by atoms with Crippen molar-refractivity contribution in [2.75, 3.05) is 18.7 Å². The number of rotatable bonds is 5. The van der Waals surface area contributed by atoms with Crippen molar-refractivity contribution in [1.29, 1.82) is 0 Å². The standard InChI is InChI=1S/C20H19ClN2O3/c1-4-26-19-12-17(21)14(11-18(19)25-3)10-16-13(2)22-23(20(16)24)15-8-6-5-7-9-15/h5-12H,4H2,1-3H3/b16-10+. The van der Waals surface area contributed by atoms with Gasteiger partial charge in [-0.15, -0.1) is 0 Å².